The van der Waals surface area contributed by atoms with Crippen molar-refractivity contribution < 1.29 is 38.5 Å². The van der Waals surface area contributed by atoms with Gasteiger partial charge in [-0.25, -0.2) is 0 Å². The van der Waals surface area contributed by atoms with Gasteiger partial charge in [-0.15, -0.1) is 0 Å². The minimum absolute atomic E-state index is 0.100. The number of carbonyl (C=O) groups is 4. The number of fused-ring (bicyclic) bond motifs is 2. The van der Waals surface area contributed by atoms with Crippen molar-refractivity contribution in [1.29, 1.82) is 0 Å². The summed E-state index contributed by atoms with van der Waals surface area (Å²) in [7, 11) is 1.71. The SMILES string of the molecule is C[C@@H]1[C@@H](c2ccccc2)OC(=O)[C@@H]2[C@@H]3C=C[C@]4(O3)[C@H](C(=O)N(CCN3CCOCC3)C/C=C\CCC(=O)N1C)N([C@H](C)CO)C(=O)[C@@H]24. The number of allylic oxidation sites excluding steroid dienone is 1. The van der Waals surface area contributed by atoms with Gasteiger partial charge in [0.25, 0.3) is 0 Å². The van der Waals surface area contributed by atoms with E-state index in [0.29, 0.717) is 32.7 Å². The van der Waals surface area contributed by atoms with Crippen LogP contribution in [-0.2, 0) is 33.4 Å². The highest BCUT2D eigenvalue weighted by atomic mass is 16.6. The standard InChI is InChI=1S/C35H46N4O8/c1-23(22-40)39-31-33(43)38(17-16-37-18-20-45-21-19-37)15-9-5-8-12-27(41)36(3)24(2)30(25-10-6-4-7-11-25)46-34(44)28-26-13-14-35(31,47-26)29(28)32(39)42/h4-7,9-11,13-14,23-24,26,28-31,40H,8,12,15-22H2,1-3H3/b9-5-/t23-,24-,26+,28-,29-,30+,31+,35-/m1/s1. The Morgan fingerprint density at radius 3 is 2.49 bits per heavy atom. The zero-order valence-corrected chi connectivity index (χ0v) is 27.4. The number of amides is 3. The van der Waals surface area contributed by atoms with Crippen molar-refractivity contribution in [3.63, 3.8) is 0 Å². The topological polar surface area (TPSA) is 129 Å². The lowest BCUT2D eigenvalue weighted by Crippen LogP contribution is -2.58. The van der Waals surface area contributed by atoms with E-state index in [2.05, 4.69) is 4.90 Å². The number of benzene rings is 1. The second-order valence-electron chi connectivity index (χ2n) is 13.2. The van der Waals surface area contributed by atoms with E-state index in [1.807, 2.05) is 49.4 Å². The molecule has 8 atom stereocenters. The summed E-state index contributed by atoms with van der Waals surface area (Å²) in [5.74, 6) is -3.46. The maximum Gasteiger partial charge on any atom is 0.313 e. The molecule has 3 saturated heterocycles. The summed E-state index contributed by atoms with van der Waals surface area (Å²) in [6.45, 7) is 7.24. The lowest BCUT2D eigenvalue weighted by molar-refractivity contribution is -0.164. The summed E-state index contributed by atoms with van der Waals surface area (Å²) in [6, 6.07) is 6.98. The van der Waals surface area contributed by atoms with Crippen LogP contribution in [0.25, 0.3) is 0 Å². The Labute approximate surface area is 275 Å². The zero-order valence-electron chi connectivity index (χ0n) is 27.4. The number of hydrogen-bond donors (Lipinski definition) is 1. The summed E-state index contributed by atoms with van der Waals surface area (Å²) in [5, 5.41) is 10.3. The quantitative estimate of drug-likeness (QED) is 0.356. The molecule has 0 unspecified atom stereocenters. The minimum Gasteiger partial charge on any atom is -0.455 e. The van der Waals surface area contributed by atoms with Gasteiger partial charge in [-0.1, -0.05) is 54.6 Å². The van der Waals surface area contributed by atoms with Gasteiger partial charge in [-0.05, 0) is 25.8 Å². The van der Waals surface area contributed by atoms with E-state index in [0.717, 1.165) is 18.7 Å². The predicted molar refractivity (Wildman–Crippen MR) is 171 cm³/mol. The Balaban J connectivity index is 1.39. The molecule has 5 aliphatic heterocycles. The first-order chi connectivity index (χ1) is 22.7. The van der Waals surface area contributed by atoms with Crippen LogP contribution in [0.2, 0.25) is 0 Å². The second kappa shape index (κ2) is 13.9. The van der Waals surface area contributed by atoms with E-state index in [-0.39, 0.29) is 31.4 Å². The minimum atomic E-state index is -1.39. The lowest BCUT2D eigenvalue weighted by Gasteiger charge is -2.38. The third kappa shape index (κ3) is 6.12. The first-order valence-electron chi connectivity index (χ1n) is 16.7. The number of likely N-dealkylation sites (tertiary alicyclic amines) is 1. The summed E-state index contributed by atoms with van der Waals surface area (Å²) in [5.41, 5.74) is -0.668. The highest BCUT2D eigenvalue weighted by molar-refractivity contribution is 5.99. The van der Waals surface area contributed by atoms with Crippen LogP contribution in [0.3, 0.4) is 0 Å². The normalized spacial score (nSPS) is 34.9. The number of aliphatic hydroxyl groups excluding tert-OH is 1. The lowest BCUT2D eigenvalue weighted by atomic mass is 9.74. The Hall–Kier alpha value is -3.58. The Morgan fingerprint density at radius 1 is 1.02 bits per heavy atom. The van der Waals surface area contributed by atoms with Crippen molar-refractivity contribution in [3.8, 4) is 0 Å². The predicted octanol–water partition coefficient (Wildman–Crippen LogP) is 1.16. The summed E-state index contributed by atoms with van der Waals surface area (Å²) in [4.78, 5) is 63.6. The van der Waals surface area contributed by atoms with Crippen molar-refractivity contribution in [2.24, 2.45) is 11.8 Å². The van der Waals surface area contributed by atoms with E-state index < -0.39 is 59.6 Å². The van der Waals surface area contributed by atoms with Crippen LogP contribution in [0.15, 0.2) is 54.6 Å². The molecule has 12 heteroatoms. The number of hydrogen-bond acceptors (Lipinski definition) is 9. The molecule has 1 spiro atoms. The first kappa shape index (κ1) is 33.3. The van der Waals surface area contributed by atoms with Gasteiger partial charge in [0.1, 0.15) is 23.7 Å². The molecular weight excluding hydrogens is 604 g/mol. The molecule has 5 heterocycles. The Kier molecular flexibility index (Phi) is 9.84. The second-order valence-corrected chi connectivity index (χ2v) is 13.2. The monoisotopic (exact) mass is 650 g/mol. The molecule has 3 amide bonds. The fourth-order valence-electron chi connectivity index (χ4n) is 7.69. The van der Waals surface area contributed by atoms with Gasteiger partial charge in [0.2, 0.25) is 17.7 Å². The van der Waals surface area contributed by atoms with Crippen LogP contribution in [0.4, 0.5) is 0 Å². The number of esters is 1. The molecule has 12 nitrogen and oxygen atoms in total. The average molecular weight is 651 g/mol. The number of ether oxygens (including phenoxy) is 3. The molecule has 0 aromatic heterocycles. The summed E-state index contributed by atoms with van der Waals surface area (Å²) < 4.78 is 18.3. The molecule has 1 N–H and O–H groups in total. The zero-order chi connectivity index (χ0) is 33.3. The third-order valence-electron chi connectivity index (χ3n) is 10.5. The number of nitrogens with zero attached hydrogens (tertiary/aromatic N) is 4. The molecule has 5 aliphatic rings. The molecule has 5 bridgehead atoms. The molecule has 1 aromatic rings. The van der Waals surface area contributed by atoms with Crippen LogP contribution in [-0.4, -0.2) is 138 Å². The van der Waals surface area contributed by atoms with Crippen LogP contribution in [0.1, 0.15) is 38.4 Å². The maximum absolute atomic E-state index is 14.7. The van der Waals surface area contributed by atoms with Crippen molar-refractivity contribution in [2.45, 2.75) is 62.6 Å². The van der Waals surface area contributed by atoms with Gasteiger partial charge in [0.05, 0.1) is 43.9 Å². The summed E-state index contributed by atoms with van der Waals surface area (Å²) in [6.07, 6.45) is 6.47. The van der Waals surface area contributed by atoms with Crippen molar-refractivity contribution in [2.75, 3.05) is 59.6 Å². The smallest absolute Gasteiger partial charge is 0.313 e. The molecule has 3 fully saturated rings. The molecule has 1 aromatic carbocycles. The Bertz CT molecular complexity index is 1400. The molecule has 254 valence electrons. The third-order valence-corrected chi connectivity index (χ3v) is 10.5. The van der Waals surface area contributed by atoms with Gasteiger partial charge >= 0.3 is 5.97 Å². The molecule has 0 saturated carbocycles. The van der Waals surface area contributed by atoms with E-state index in [1.165, 1.54) is 4.90 Å². The maximum atomic E-state index is 14.7. The van der Waals surface area contributed by atoms with Gasteiger partial charge in [-0.2, -0.15) is 0 Å². The molecule has 0 aliphatic carbocycles. The van der Waals surface area contributed by atoms with E-state index in [4.69, 9.17) is 14.2 Å². The highest BCUT2D eigenvalue weighted by Crippen LogP contribution is 2.56. The van der Waals surface area contributed by atoms with E-state index in [9.17, 15) is 24.3 Å². The fourth-order valence-corrected chi connectivity index (χ4v) is 7.69. The van der Waals surface area contributed by atoms with Crippen LogP contribution < -0.4 is 0 Å². The number of carbonyl (C=O) groups excluding carboxylic acids is 4. The Morgan fingerprint density at radius 2 is 1.77 bits per heavy atom. The molecule has 47 heavy (non-hydrogen) atoms. The van der Waals surface area contributed by atoms with Crippen molar-refractivity contribution >= 4 is 23.7 Å². The van der Waals surface area contributed by atoms with Crippen molar-refractivity contribution in [3.05, 3.63) is 60.2 Å². The van der Waals surface area contributed by atoms with Gasteiger partial charge < -0.3 is 34.0 Å². The molecule has 0 radical (unpaired) electrons. The number of rotatable bonds is 6. The van der Waals surface area contributed by atoms with Crippen LogP contribution >= 0.6 is 0 Å². The summed E-state index contributed by atoms with van der Waals surface area (Å²) >= 11 is 0. The number of aliphatic hydroxyl groups is 1. The number of morpholine rings is 1. The van der Waals surface area contributed by atoms with Gasteiger partial charge in [0, 0.05) is 46.2 Å². The van der Waals surface area contributed by atoms with E-state index in [1.54, 1.807) is 35.9 Å². The number of cyclic esters (lactones) is 1. The van der Waals surface area contributed by atoms with E-state index >= 15 is 0 Å². The van der Waals surface area contributed by atoms with Crippen LogP contribution in [0.5, 0.6) is 0 Å². The highest BCUT2D eigenvalue weighted by Gasteiger charge is 2.74. The fraction of sp³-hybridized carbons (Fsp3) is 0.600. The molecular formula is C35H46N4O8. The number of likely N-dealkylation sites (N-methyl/N-ethyl adjacent to an activating group) is 1. The average Bonchev–Trinajstić information content (AvgIpc) is 3.74. The molecule has 6 rings (SSSR count). The first-order valence-corrected chi connectivity index (χ1v) is 16.7. The van der Waals surface area contributed by atoms with Gasteiger partial charge in [0.15, 0.2) is 0 Å². The van der Waals surface area contributed by atoms with Crippen molar-refractivity contribution in [1.82, 2.24) is 19.6 Å². The van der Waals surface area contributed by atoms with Gasteiger partial charge in [-0.3, -0.25) is 24.1 Å². The largest absolute Gasteiger partial charge is 0.455 e. The van der Waals surface area contributed by atoms with Crippen LogP contribution in [0, 0.1) is 11.8 Å².